The smallest absolute Gasteiger partial charge is 0.338 e. The molecule has 0 radical (unpaired) electrons. The van der Waals surface area contributed by atoms with Gasteiger partial charge in [-0.1, -0.05) is 12.6 Å². The second-order valence-corrected chi connectivity index (χ2v) is 3.47. The Hall–Kier alpha value is -1.65. The molecule has 0 aliphatic heterocycles. The van der Waals surface area contributed by atoms with E-state index in [-0.39, 0.29) is 13.2 Å². The van der Waals surface area contributed by atoms with E-state index in [1.54, 1.807) is 25.1 Å². The van der Waals surface area contributed by atoms with Crippen LogP contribution in [0.25, 0.3) is 0 Å². The average Bonchev–Trinajstić information content (AvgIpc) is 2.28. The topological polar surface area (TPSA) is 66.8 Å². The minimum absolute atomic E-state index is 0.175. The normalized spacial score (nSPS) is 9.94. The molecule has 0 saturated carbocycles. The summed E-state index contributed by atoms with van der Waals surface area (Å²) in [6.45, 7) is 4.66. The van der Waals surface area contributed by atoms with Crippen LogP contribution in [0.3, 0.4) is 0 Å². The van der Waals surface area contributed by atoms with Gasteiger partial charge in [-0.25, -0.2) is 4.79 Å². The molecule has 0 bridgehead atoms. The van der Waals surface area contributed by atoms with E-state index in [4.69, 9.17) is 14.9 Å². The van der Waals surface area contributed by atoms with Gasteiger partial charge >= 0.3 is 5.97 Å². The zero-order valence-electron chi connectivity index (χ0n) is 9.06. The van der Waals surface area contributed by atoms with E-state index in [1.807, 2.05) is 0 Å². The van der Waals surface area contributed by atoms with E-state index in [0.717, 1.165) is 0 Å². The minimum atomic E-state index is -0.529. The highest BCUT2D eigenvalue weighted by Crippen LogP contribution is 2.18. The highest BCUT2D eigenvalue weighted by atomic mass is 16.5. The summed E-state index contributed by atoms with van der Waals surface area (Å²) in [5, 5.41) is 18.0. The van der Waals surface area contributed by atoms with Crippen molar-refractivity contribution in [3.8, 4) is 5.75 Å². The minimum Gasteiger partial charge on any atom is -0.423 e. The van der Waals surface area contributed by atoms with Gasteiger partial charge < -0.3 is 14.9 Å². The summed E-state index contributed by atoms with van der Waals surface area (Å²) in [4.78, 5) is 11.3. The molecule has 1 rings (SSSR count). The number of hydrogen-bond acceptors (Lipinski definition) is 4. The molecule has 2 N–H and O–H groups in total. The highest BCUT2D eigenvalue weighted by molar-refractivity contribution is 5.88. The lowest BCUT2D eigenvalue weighted by Crippen LogP contribution is -2.08. The molecule has 0 aromatic heterocycles. The molecule has 86 valence electrons. The first-order chi connectivity index (χ1) is 7.56. The Morgan fingerprint density at radius 1 is 1.25 bits per heavy atom. The lowest BCUT2D eigenvalue weighted by atomic mass is 10.1. The summed E-state index contributed by atoms with van der Waals surface area (Å²) in [5.41, 5.74) is 1.45. The van der Waals surface area contributed by atoms with Crippen LogP contribution in [-0.4, -0.2) is 16.2 Å². The Morgan fingerprint density at radius 3 is 2.12 bits per heavy atom. The van der Waals surface area contributed by atoms with E-state index in [0.29, 0.717) is 22.4 Å². The van der Waals surface area contributed by atoms with Gasteiger partial charge in [-0.15, -0.1) is 0 Å². The number of aliphatic hydroxyl groups excluding tert-OH is 2. The van der Waals surface area contributed by atoms with Crippen LogP contribution in [0.15, 0.2) is 30.4 Å². The van der Waals surface area contributed by atoms with Crippen LogP contribution in [0.5, 0.6) is 5.75 Å². The fourth-order valence-corrected chi connectivity index (χ4v) is 1.16. The average molecular weight is 222 g/mol. The monoisotopic (exact) mass is 222 g/mol. The molecule has 0 aliphatic carbocycles. The fourth-order valence-electron chi connectivity index (χ4n) is 1.16. The number of carbonyl (C=O) groups is 1. The molecular weight excluding hydrogens is 208 g/mol. The van der Waals surface area contributed by atoms with Crippen LogP contribution in [0, 0.1) is 0 Å². The molecule has 1 aromatic carbocycles. The second-order valence-electron chi connectivity index (χ2n) is 3.47. The maximum atomic E-state index is 11.3. The van der Waals surface area contributed by atoms with Crippen LogP contribution in [0.4, 0.5) is 0 Å². The van der Waals surface area contributed by atoms with E-state index in [2.05, 4.69) is 6.58 Å². The van der Waals surface area contributed by atoms with Gasteiger partial charge in [0.15, 0.2) is 0 Å². The summed E-state index contributed by atoms with van der Waals surface area (Å²) < 4.78 is 5.00. The summed E-state index contributed by atoms with van der Waals surface area (Å²) in [6.07, 6.45) is 0. The van der Waals surface area contributed by atoms with Gasteiger partial charge in [0.2, 0.25) is 0 Å². The Bertz CT molecular complexity index is 387. The lowest BCUT2D eigenvalue weighted by molar-refractivity contribution is -0.130. The Balaban J connectivity index is 2.95. The molecule has 0 aliphatic rings. The zero-order chi connectivity index (χ0) is 12.1. The van der Waals surface area contributed by atoms with Crippen molar-refractivity contribution in [3.05, 3.63) is 41.5 Å². The second kappa shape index (κ2) is 5.44. The van der Waals surface area contributed by atoms with Crippen LogP contribution in [0.1, 0.15) is 18.1 Å². The van der Waals surface area contributed by atoms with Crippen LogP contribution in [0.2, 0.25) is 0 Å². The molecule has 0 amide bonds. The van der Waals surface area contributed by atoms with Crippen molar-refractivity contribution in [1.29, 1.82) is 0 Å². The van der Waals surface area contributed by atoms with Crippen molar-refractivity contribution in [1.82, 2.24) is 0 Å². The first-order valence-electron chi connectivity index (χ1n) is 4.79. The first-order valence-corrected chi connectivity index (χ1v) is 4.79. The number of carbonyl (C=O) groups excluding carboxylic acids is 1. The molecule has 1 aromatic rings. The molecular formula is C12H14O4. The fraction of sp³-hybridized carbons (Fsp3) is 0.250. The highest BCUT2D eigenvalue weighted by Gasteiger charge is 2.07. The summed E-state index contributed by atoms with van der Waals surface area (Å²) >= 11 is 0. The molecule has 0 unspecified atom stereocenters. The SMILES string of the molecule is C=C(C)C(=O)Oc1cc(CO)cc(CO)c1. The van der Waals surface area contributed by atoms with E-state index >= 15 is 0 Å². The molecule has 0 heterocycles. The molecule has 0 fully saturated rings. The molecule has 16 heavy (non-hydrogen) atoms. The number of ether oxygens (including phenoxy) is 1. The Labute approximate surface area is 93.8 Å². The van der Waals surface area contributed by atoms with Crippen LogP contribution >= 0.6 is 0 Å². The molecule has 0 spiro atoms. The van der Waals surface area contributed by atoms with Gasteiger partial charge in [-0.05, 0) is 30.2 Å². The largest absolute Gasteiger partial charge is 0.423 e. The standard InChI is InChI=1S/C12H14O4/c1-8(2)12(15)16-11-4-9(6-13)3-10(5-11)7-14/h3-5,13-14H,1,6-7H2,2H3. The number of benzene rings is 1. The maximum absolute atomic E-state index is 11.3. The molecule has 0 atom stereocenters. The molecule has 4 heteroatoms. The van der Waals surface area contributed by atoms with Crippen molar-refractivity contribution in [2.24, 2.45) is 0 Å². The summed E-state index contributed by atoms with van der Waals surface area (Å²) in [6, 6.07) is 4.72. The lowest BCUT2D eigenvalue weighted by Gasteiger charge is -2.07. The van der Waals surface area contributed by atoms with Gasteiger partial charge in [0.25, 0.3) is 0 Å². The first kappa shape index (κ1) is 12.4. The van der Waals surface area contributed by atoms with Crippen LogP contribution in [-0.2, 0) is 18.0 Å². The molecule has 0 saturated heterocycles. The van der Waals surface area contributed by atoms with Crippen molar-refractivity contribution in [2.45, 2.75) is 20.1 Å². The predicted molar refractivity (Wildman–Crippen MR) is 58.7 cm³/mol. The van der Waals surface area contributed by atoms with Gasteiger partial charge in [-0.2, -0.15) is 0 Å². The predicted octanol–water partition coefficient (Wildman–Crippen LogP) is 1.15. The summed E-state index contributed by atoms with van der Waals surface area (Å²) in [5.74, 6) is -0.234. The van der Waals surface area contributed by atoms with Gasteiger partial charge in [0, 0.05) is 5.57 Å². The third-order valence-corrected chi connectivity index (χ3v) is 1.95. The van der Waals surface area contributed by atoms with Gasteiger partial charge in [0.1, 0.15) is 5.75 Å². The quantitative estimate of drug-likeness (QED) is 0.455. The van der Waals surface area contributed by atoms with E-state index in [9.17, 15) is 4.79 Å². The Morgan fingerprint density at radius 2 is 1.75 bits per heavy atom. The van der Waals surface area contributed by atoms with Crippen molar-refractivity contribution in [2.75, 3.05) is 0 Å². The maximum Gasteiger partial charge on any atom is 0.338 e. The van der Waals surface area contributed by atoms with Crippen molar-refractivity contribution >= 4 is 5.97 Å². The van der Waals surface area contributed by atoms with Crippen molar-refractivity contribution in [3.63, 3.8) is 0 Å². The summed E-state index contributed by atoms with van der Waals surface area (Å²) in [7, 11) is 0. The van der Waals surface area contributed by atoms with Gasteiger partial charge in [0.05, 0.1) is 13.2 Å². The third kappa shape index (κ3) is 3.18. The van der Waals surface area contributed by atoms with Gasteiger partial charge in [-0.3, -0.25) is 0 Å². The van der Waals surface area contributed by atoms with E-state index < -0.39 is 5.97 Å². The number of hydrogen-bond donors (Lipinski definition) is 2. The third-order valence-electron chi connectivity index (χ3n) is 1.95. The molecule has 4 nitrogen and oxygen atoms in total. The number of aliphatic hydroxyl groups is 2. The number of rotatable bonds is 4. The zero-order valence-corrected chi connectivity index (χ0v) is 9.06. The van der Waals surface area contributed by atoms with E-state index in [1.165, 1.54) is 0 Å². The Kier molecular flexibility index (Phi) is 4.22. The number of esters is 1. The van der Waals surface area contributed by atoms with Crippen LogP contribution < -0.4 is 4.74 Å². The van der Waals surface area contributed by atoms with Crippen molar-refractivity contribution < 1.29 is 19.7 Å².